The first-order chi connectivity index (χ1) is 17.1. The molecule has 2 N–H and O–H groups in total. The Morgan fingerprint density at radius 1 is 0.971 bits per heavy atom. The lowest BCUT2D eigenvalue weighted by Gasteiger charge is -2.36. The molecule has 35 heavy (non-hydrogen) atoms. The Bertz CT molecular complexity index is 1450. The number of aromatic hydroxyl groups is 1. The first kappa shape index (κ1) is 21.1. The van der Waals surface area contributed by atoms with E-state index in [0.717, 1.165) is 42.0 Å². The number of phenols is 1. The van der Waals surface area contributed by atoms with E-state index in [4.69, 9.17) is 9.97 Å². The standard InChI is InChI=1S/C25H23N7O3/c33-17-6-4-16(5-7-17)30-10-12-31(13-11-30)25-28-22(19-8-9-26-20-3-1-2-18(19)20)23-24(29-25)32(15-27-23)14-21(34)35/h1-2,4-9,15,33H,3,10-14H2,(H,34,35). The van der Waals surface area contributed by atoms with Crippen LogP contribution < -0.4 is 9.80 Å². The van der Waals surface area contributed by atoms with Crippen molar-refractivity contribution in [2.45, 2.75) is 13.0 Å². The van der Waals surface area contributed by atoms with E-state index in [-0.39, 0.29) is 12.3 Å². The van der Waals surface area contributed by atoms with Crippen molar-refractivity contribution in [1.82, 2.24) is 24.5 Å². The molecule has 1 saturated heterocycles. The molecule has 0 spiro atoms. The Balaban J connectivity index is 1.39. The SMILES string of the molecule is O=C(O)Cn1cnc2c(-c3ccnc4c3C=CC4)nc(N3CCN(c4ccc(O)cc4)CC3)nc21. The molecule has 1 fully saturated rings. The van der Waals surface area contributed by atoms with Crippen LogP contribution in [-0.2, 0) is 17.8 Å². The Hall–Kier alpha value is -4.47. The van der Waals surface area contributed by atoms with Crippen molar-refractivity contribution in [2.24, 2.45) is 0 Å². The largest absolute Gasteiger partial charge is 0.508 e. The second-order valence-corrected chi connectivity index (χ2v) is 8.63. The summed E-state index contributed by atoms with van der Waals surface area (Å²) < 4.78 is 1.55. The first-order valence-electron chi connectivity index (χ1n) is 11.5. The zero-order valence-corrected chi connectivity index (χ0v) is 18.9. The smallest absolute Gasteiger partial charge is 0.323 e. The molecule has 2 aliphatic rings. The Morgan fingerprint density at radius 2 is 1.74 bits per heavy atom. The maximum Gasteiger partial charge on any atom is 0.323 e. The monoisotopic (exact) mass is 469 g/mol. The molecule has 1 aromatic carbocycles. The number of nitrogens with zero attached hydrogens (tertiary/aromatic N) is 7. The van der Waals surface area contributed by atoms with Crippen LogP contribution in [0.2, 0.25) is 0 Å². The third-order valence-corrected chi connectivity index (χ3v) is 6.46. The number of imidazole rings is 1. The molecule has 1 aliphatic heterocycles. The Morgan fingerprint density at radius 3 is 2.51 bits per heavy atom. The van der Waals surface area contributed by atoms with Gasteiger partial charge < -0.3 is 24.6 Å². The van der Waals surface area contributed by atoms with E-state index in [9.17, 15) is 15.0 Å². The summed E-state index contributed by atoms with van der Waals surface area (Å²) in [7, 11) is 0. The molecule has 0 amide bonds. The van der Waals surface area contributed by atoms with Crippen LogP contribution in [0.4, 0.5) is 11.6 Å². The average Bonchev–Trinajstić information content (AvgIpc) is 3.51. The third-order valence-electron chi connectivity index (χ3n) is 6.46. The van der Waals surface area contributed by atoms with E-state index in [0.29, 0.717) is 35.9 Å². The number of benzene rings is 1. The van der Waals surface area contributed by atoms with Gasteiger partial charge in [-0.3, -0.25) is 9.78 Å². The second-order valence-electron chi connectivity index (χ2n) is 8.63. The number of hydrogen-bond donors (Lipinski definition) is 2. The average molecular weight is 470 g/mol. The number of carboxylic acids is 1. The number of aliphatic carboxylic acids is 1. The van der Waals surface area contributed by atoms with Gasteiger partial charge in [-0.2, -0.15) is 4.98 Å². The van der Waals surface area contributed by atoms with Crippen molar-refractivity contribution in [1.29, 1.82) is 0 Å². The molecule has 10 nitrogen and oxygen atoms in total. The quantitative estimate of drug-likeness (QED) is 0.454. The highest BCUT2D eigenvalue weighted by Gasteiger charge is 2.24. The minimum atomic E-state index is -0.957. The van der Waals surface area contributed by atoms with E-state index in [1.165, 1.54) is 6.33 Å². The number of pyridine rings is 1. The molecular formula is C25H23N7O3. The van der Waals surface area contributed by atoms with Crippen molar-refractivity contribution in [3.63, 3.8) is 0 Å². The number of rotatable bonds is 5. The molecule has 0 bridgehead atoms. The van der Waals surface area contributed by atoms with Crippen LogP contribution in [0.25, 0.3) is 28.5 Å². The molecular weight excluding hydrogens is 446 g/mol. The number of aromatic nitrogens is 5. The fraction of sp³-hybridized carbons (Fsp3) is 0.240. The highest BCUT2D eigenvalue weighted by atomic mass is 16.4. The van der Waals surface area contributed by atoms with Gasteiger partial charge in [-0.15, -0.1) is 0 Å². The zero-order valence-electron chi connectivity index (χ0n) is 18.9. The van der Waals surface area contributed by atoms with Gasteiger partial charge in [0.2, 0.25) is 5.95 Å². The van der Waals surface area contributed by atoms with E-state index in [1.807, 2.05) is 18.2 Å². The van der Waals surface area contributed by atoms with Gasteiger partial charge in [-0.05, 0) is 30.3 Å². The zero-order chi connectivity index (χ0) is 23.9. The minimum absolute atomic E-state index is 0.227. The van der Waals surface area contributed by atoms with Gasteiger partial charge in [0.25, 0.3) is 0 Å². The molecule has 10 heteroatoms. The van der Waals surface area contributed by atoms with Gasteiger partial charge in [0.1, 0.15) is 23.5 Å². The fourth-order valence-corrected chi connectivity index (χ4v) is 4.71. The maximum atomic E-state index is 11.5. The molecule has 4 heterocycles. The molecule has 4 aromatic rings. The van der Waals surface area contributed by atoms with E-state index in [1.54, 1.807) is 22.9 Å². The van der Waals surface area contributed by atoms with Crippen LogP contribution in [0.3, 0.4) is 0 Å². The first-order valence-corrected chi connectivity index (χ1v) is 11.5. The van der Waals surface area contributed by atoms with Crippen LogP contribution in [0.15, 0.2) is 48.9 Å². The van der Waals surface area contributed by atoms with E-state index < -0.39 is 5.97 Å². The van der Waals surface area contributed by atoms with Crippen LogP contribution in [0, 0.1) is 0 Å². The summed E-state index contributed by atoms with van der Waals surface area (Å²) in [5.74, 6) is -0.157. The van der Waals surface area contributed by atoms with Crippen LogP contribution in [0.5, 0.6) is 5.75 Å². The number of piperazine rings is 1. The van der Waals surface area contributed by atoms with Crippen molar-refractivity contribution in [3.8, 4) is 17.0 Å². The van der Waals surface area contributed by atoms with Gasteiger partial charge in [0, 0.05) is 55.6 Å². The summed E-state index contributed by atoms with van der Waals surface area (Å²) in [6, 6.07) is 9.13. The molecule has 0 unspecified atom stereocenters. The van der Waals surface area contributed by atoms with Crippen LogP contribution in [-0.4, -0.2) is 66.9 Å². The number of carbonyl (C=O) groups is 1. The predicted molar refractivity (Wildman–Crippen MR) is 131 cm³/mol. The Labute approximate surface area is 200 Å². The maximum absolute atomic E-state index is 11.5. The van der Waals surface area contributed by atoms with Crippen LogP contribution in [0.1, 0.15) is 11.3 Å². The summed E-state index contributed by atoms with van der Waals surface area (Å²) in [6.07, 6.45) is 8.19. The molecule has 176 valence electrons. The predicted octanol–water partition coefficient (Wildman–Crippen LogP) is 2.57. The van der Waals surface area contributed by atoms with Gasteiger partial charge in [0.05, 0.1) is 12.0 Å². The number of phenolic OH excluding ortho intramolecular Hbond substituents is 1. The van der Waals surface area contributed by atoms with Crippen molar-refractivity contribution < 1.29 is 15.0 Å². The van der Waals surface area contributed by atoms with Crippen molar-refractivity contribution in [3.05, 3.63) is 60.2 Å². The van der Waals surface area contributed by atoms with Gasteiger partial charge >= 0.3 is 5.97 Å². The summed E-state index contributed by atoms with van der Waals surface area (Å²) in [4.78, 5) is 34.5. The number of allylic oxidation sites excluding steroid dienone is 1. The minimum Gasteiger partial charge on any atom is -0.508 e. The molecule has 3 aromatic heterocycles. The number of fused-ring (bicyclic) bond motifs is 2. The van der Waals surface area contributed by atoms with E-state index in [2.05, 4.69) is 31.9 Å². The van der Waals surface area contributed by atoms with Gasteiger partial charge in [-0.25, -0.2) is 9.97 Å². The lowest BCUT2D eigenvalue weighted by Crippen LogP contribution is -2.47. The third kappa shape index (κ3) is 3.82. The normalized spacial score (nSPS) is 15.1. The van der Waals surface area contributed by atoms with E-state index >= 15 is 0 Å². The second kappa shape index (κ2) is 8.39. The summed E-state index contributed by atoms with van der Waals surface area (Å²) in [5, 5.41) is 19.0. The number of hydrogen-bond acceptors (Lipinski definition) is 8. The molecule has 0 atom stereocenters. The fourth-order valence-electron chi connectivity index (χ4n) is 4.71. The summed E-state index contributed by atoms with van der Waals surface area (Å²) >= 11 is 0. The number of anilines is 2. The lowest BCUT2D eigenvalue weighted by molar-refractivity contribution is -0.137. The van der Waals surface area contributed by atoms with Gasteiger partial charge in [0.15, 0.2) is 5.65 Å². The molecule has 6 rings (SSSR count). The molecule has 0 radical (unpaired) electrons. The Kier molecular flexibility index (Phi) is 5.05. The topological polar surface area (TPSA) is 120 Å². The summed E-state index contributed by atoms with van der Waals surface area (Å²) in [5.41, 5.74) is 5.73. The van der Waals surface area contributed by atoms with Crippen LogP contribution >= 0.6 is 0 Å². The van der Waals surface area contributed by atoms with Crippen molar-refractivity contribution >= 4 is 34.8 Å². The highest BCUT2D eigenvalue weighted by Crippen LogP contribution is 2.34. The molecule has 0 saturated carbocycles. The van der Waals surface area contributed by atoms with Gasteiger partial charge in [-0.1, -0.05) is 12.2 Å². The number of carboxylic acid groups (broad SMARTS) is 1. The van der Waals surface area contributed by atoms with Crippen molar-refractivity contribution in [2.75, 3.05) is 36.0 Å². The highest BCUT2D eigenvalue weighted by molar-refractivity contribution is 5.92. The summed E-state index contributed by atoms with van der Waals surface area (Å²) in [6.45, 7) is 2.71. The lowest BCUT2D eigenvalue weighted by atomic mass is 10.0. The molecule has 1 aliphatic carbocycles.